The first-order valence-electron chi connectivity index (χ1n) is 6.95. The molecular formula is C16H18ClN3O2. The number of nitrogens with zero attached hydrogens (tertiary/aromatic N) is 1. The van der Waals surface area contributed by atoms with E-state index >= 15 is 0 Å². The van der Waals surface area contributed by atoms with Crippen LogP contribution in [0.5, 0.6) is 5.75 Å². The Hall–Kier alpha value is -2.27. The number of rotatable bonds is 6. The predicted octanol–water partition coefficient (Wildman–Crippen LogP) is 2.52. The van der Waals surface area contributed by atoms with Crippen LogP contribution in [0, 0.1) is 6.92 Å². The number of pyridine rings is 1. The summed E-state index contributed by atoms with van der Waals surface area (Å²) in [6, 6.07) is 6.66. The fraction of sp³-hybridized carbons (Fsp3) is 0.250. The average molecular weight is 320 g/mol. The summed E-state index contributed by atoms with van der Waals surface area (Å²) in [6.07, 6.45) is 3.74. The molecule has 0 atom stereocenters. The lowest BCUT2D eigenvalue weighted by Crippen LogP contribution is -2.30. The molecule has 0 aliphatic carbocycles. The van der Waals surface area contributed by atoms with Gasteiger partial charge in [-0.25, -0.2) is 0 Å². The minimum atomic E-state index is -0.0880. The largest absolute Gasteiger partial charge is 0.506 e. The number of nitrogens with one attached hydrogen (secondary N) is 2. The van der Waals surface area contributed by atoms with Crippen molar-refractivity contribution >= 4 is 23.2 Å². The van der Waals surface area contributed by atoms with Crippen LogP contribution < -0.4 is 10.6 Å². The van der Waals surface area contributed by atoms with Crippen LogP contribution in [0.1, 0.15) is 11.1 Å². The summed E-state index contributed by atoms with van der Waals surface area (Å²) < 4.78 is 0. The number of amides is 1. The molecule has 5 nitrogen and oxygen atoms in total. The van der Waals surface area contributed by atoms with E-state index in [-0.39, 0.29) is 23.1 Å². The third kappa shape index (κ3) is 4.63. The van der Waals surface area contributed by atoms with E-state index in [2.05, 4.69) is 15.6 Å². The molecule has 1 aromatic heterocycles. The predicted molar refractivity (Wildman–Crippen MR) is 87.3 cm³/mol. The van der Waals surface area contributed by atoms with Gasteiger partial charge in [-0.15, -0.1) is 0 Å². The zero-order chi connectivity index (χ0) is 15.9. The first-order chi connectivity index (χ1) is 10.6. The Labute approximate surface area is 134 Å². The van der Waals surface area contributed by atoms with Crippen LogP contribution in [0.15, 0.2) is 36.7 Å². The van der Waals surface area contributed by atoms with E-state index in [9.17, 15) is 9.90 Å². The molecule has 0 saturated heterocycles. The maximum atomic E-state index is 11.8. The van der Waals surface area contributed by atoms with E-state index in [0.717, 1.165) is 16.8 Å². The number of halogens is 1. The van der Waals surface area contributed by atoms with Gasteiger partial charge in [0.05, 0.1) is 11.4 Å². The summed E-state index contributed by atoms with van der Waals surface area (Å²) >= 11 is 5.81. The molecule has 0 aliphatic rings. The topological polar surface area (TPSA) is 74.2 Å². The first kappa shape index (κ1) is 16.1. The van der Waals surface area contributed by atoms with Gasteiger partial charge in [0.15, 0.2) is 0 Å². The van der Waals surface area contributed by atoms with Crippen LogP contribution in [-0.4, -0.2) is 29.1 Å². The number of aryl methyl sites for hydroxylation is 1. The fourth-order valence-corrected chi connectivity index (χ4v) is 2.18. The number of carbonyl (C=O) groups excluding carboxylic acids is 1. The highest BCUT2D eigenvalue weighted by Gasteiger charge is 2.05. The second kappa shape index (κ2) is 7.66. The van der Waals surface area contributed by atoms with Gasteiger partial charge < -0.3 is 15.7 Å². The SMILES string of the molecule is Cc1cnccc1NCCNC(=O)Cc1ccc(O)c(Cl)c1. The maximum Gasteiger partial charge on any atom is 0.224 e. The molecule has 116 valence electrons. The summed E-state index contributed by atoms with van der Waals surface area (Å²) in [5.41, 5.74) is 2.83. The lowest BCUT2D eigenvalue weighted by atomic mass is 10.1. The van der Waals surface area contributed by atoms with E-state index in [1.54, 1.807) is 24.5 Å². The zero-order valence-electron chi connectivity index (χ0n) is 12.3. The minimum Gasteiger partial charge on any atom is -0.506 e. The van der Waals surface area contributed by atoms with Crippen molar-refractivity contribution in [2.24, 2.45) is 0 Å². The number of aromatic hydroxyl groups is 1. The Balaban J connectivity index is 1.74. The highest BCUT2D eigenvalue weighted by atomic mass is 35.5. The molecule has 0 fully saturated rings. The Morgan fingerprint density at radius 1 is 1.32 bits per heavy atom. The molecule has 2 rings (SSSR count). The summed E-state index contributed by atoms with van der Waals surface area (Å²) in [7, 11) is 0. The van der Waals surface area contributed by atoms with Gasteiger partial charge >= 0.3 is 0 Å². The molecule has 0 saturated carbocycles. The number of hydrogen-bond donors (Lipinski definition) is 3. The molecule has 6 heteroatoms. The van der Waals surface area contributed by atoms with Crippen molar-refractivity contribution in [2.75, 3.05) is 18.4 Å². The Morgan fingerprint density at radius 3 is 2.86 bits per heavy atom. The number of hydrogen-bond acceptors (Lipinski definition) is 4. The number of phenolic OH excluding ortho intramolecular Hbond substituents is 1. The standard InChI is InChI=1S/C16H18ClN3O2/c1-11-10-18-5-4-14(11)19-6-7-20-16(22)9-12-2-3-15(21)13(17)8-12/h2-5,8,10,21H,6-7,9H2,1H3,(H,18,19)(H,20,22). The van der Waals surface area contributed by atoms with Gasteiger partial charge in [0.1, 0.15) is 5.75 Å². The van der Waals surface area contributed by atoms with Crippen molar-refractivity contribution in [1.82, 2.24) is 10.3 Å². The number of benzene rings is 1. The van der Waals surface area contributed by atoms with Crippen LogP contribution >= 0.6 is 11.6 Å². The normalized spacial score (nSPS) is 10.3. The third-order valence-electron chi connectivity index (χ3n) is 3.16. The summed E-state index contributed by atoms with van der Waals surface area (Å²) in [5, 5.41) is 15.7. The zero-order valence-corrected chi connectivity index (χ0v) is 13.0. The highest BCUT2D eigenvalue weighted by Crippen LogP contribution is 2.23. The van der Waals surface area contributed by atoms with Crippen molar-refractivity contribution in [2.45, 2.75) is 13.3 Å². The summed E-state index contributed by atoms with van der Waals surface area (Å²) in [4.78, 5) is 15.9. The summed E-state index contributed by atoms with van der Waals surface area (Å²) in [5.74, 6) is -0.0715. The molecule has 1 amide bonds. The average Bonchev–Trinajstić information content (AvgIpc) is 2.49. The third-order valence-corrected chi connectivity index (χ3v) is 3.46. The van der Waals surface area contributed by atoms with Crippen LogP contribution in [0.4, 0.5) is 5.69 Å². The number of phenols is 1. The number of aromatic nitrogens is 1. The van der Waals surface area contributed by atoms with Gasteiger partial charge in [0.25, 0.3) is 0 Å². The van der Waals surface area contributed by atoms with E-state index in [0.29, 0.717) is 13.1 Å². The lowest BCUT2D eigenvalue weighted by Gasteiger charge is -2.10. The highest BCUT2D eigenvalue weighted by molar-refractivity contribution is 6.32. The van der Waals surface area contributed by atoms with Crippen molar-refractivity contribution in [3.63, 3.8) is 0 Å². The van der Waals surface area contributed by atoms with E-state index in [1.165, 1.54) is 6.07 Å². The van der Waals surface area contributed by atoms with Gasteiger partial charge in [0.2, 0.25) is 5.91 Å². The van der Waals surface area contributed by atoms with Crippen LogP contribution in [-0.2, 0) is 11.2 Å². The molecule has 0 unspecified atom stereocenters. The van der Waals surface area contributed by atoms with Crippen molar-refractivity contribution in [3.05, 3.63) is 52.8 Å². The molecule has 3 N–H and O–H groups in total. The van der Waals surface area contributed by atoms with Crippen LogP contribution in [0.25, 0.3) is 0 Å². The van der Waals surface area contributed by atoms with Gasteiger partial charge in [-0.1, -0.05) is 17.7 Å². The van der Waals surface area contributed by atoms with Gasteiger partial charge in [-0.2, -0.15) is 0 Å². The van der Waals surface area contributed by atoms with E-state index in [4.69, 9.17) is 11.6 Å². The monoisotopic (exact) mass is 319 g/mol. The smallest absolute Gasteiger partial charge is 0.224 e. The van der Waals surface area contributed by atoms with E-state index in [1.807, 2.05) is 13.0 Å². The molecule has 0 aliphatic heterocycles. The second-order valence-electron chi connectivity index (χ2n) is 4.93. The fourth-order valence-electron chi connectivity index (χ4n) is 1.98. The van der Waals surface area contributed by atoms with Gasteiger partial charge in [0, 0.05) is 31.2 Å². The van der Waals surface area contributed by atoms with Gasteiger partial charge in [-0.3, -0.25) is 9.78 Å². The molecular weight excluding hydrogens is 302 g/mol. The minimum absolute atomic E-state index is 0.0164. The quantitative estimate of drug-likeness (QED) is 0.715. The molecule has 1 aromatic carbocycles. The lowest BCUT2D eigenvalue weighted by molar-refractivity contribution is -0.120. The molecule has 2 aromatic rings. The Bertz CT molecular complexity index is 662. The molecule has 0 bridgehead atoms. The van der Waals surface area contributed by atoms with Gasteiger partial charge in [-0.05, 0) is 36.2 Å². The van der Waals surface area contributed by atoms with Crippen molar-refractivity contribution in [1.29, 1.82) is 0 Å². The Morgan fingerprint density at radius 2 is 2.14 bits per heavy atom. The Kier molecular flexibility index (Phi) is 5.61. The van der Waals surface area contributed by atoms with Crippen LogP contribution in [0.3, 0.4) is 0 Å². The number of anilines is 1. The maximum absolute atomic E-state index is 11.8. The second-order valence-corrected chi connectivity index (χ2v) is 5.34. The van der Waals surface area contributed by atoms with Crippen molar-refractivity contribution < 1.29 is 9.90 Å². The molecule has 0 spiro atoms. The molecule has 22 heavy (non-hydrogen) atoms. The van der Waals surface area contributed by atoms with Crippen molar-refractivity contribution in [3.8, 4) is 5.75 Å². The molecule has 0 radical (unpaired) electrons. The van der Waals surface area contributed by atoms with E-state index < -0.39 is 0 Å². The number of carbonyl (C=O) groups is 1. The van der Waals surface area contributed by atoms with Crippen LogP contribution in [0.2, 0.25) is 5.02 Å². The summed E-state index contributed by atoms with van der Waals surface area (Å²) in [6.45, 7) is 3.13. The molecule has 1 heterocycles. The first-order valence-corrected chi connectivity index (χ1v) is 7.32.